The number of nitrogens with one attached hydrogen (secondary N) is 1. The second kappa shape index (κ2) is 7.80. The van der Waals surface area contributed by atoms with Gasteiger partial charge in [0.05, 0.1) is 6.20 Å². The van der Waals surface area contributed by atoms with Crippen LogP contribution in [0, 0.1) is 13.8 Å². The molecule has 2 aromatic rings. The molecule has 1 N–H and O–H groups in total. The van der Waals surface area contributed by atoms with E-state index in [1.165, 1.54) is 0 Å². The number of nitrogens with zero attached hydrogens (tertiary/aromatic N) is 6. The molecule has 1 fully saturated rings. The van der Waals surface area contributed by atoms with Crippen LogP contribution < -0.4 is 5.32 Å². The number of hydrogen-bond donors (Lipinski definition) is 1. The van der Waals surface area contributed by atoms with Gasteiger partial charge in [-0.3, -0.25) is 4.79 Å². The molecule has 8 nitrogen and oxygen atoms in total. The second-order valence-corrected chi connectivity index (χ2v) is 7.21. The van der Waals surface area contributed by atoms with Crippen LogP contribution in [0.15, 0.2) is 12.4 Å². The molecule has 0 radical (unpaired) electrons. The minimum Gasteiger partial charge on any atom is -0.365 e. The molecule has 8 heteroatoms. The van der Waals surface area contributed by atoms with Gasteiger partial charge in [-0.25, -0.2) is 14.6 Å². The molecule has 1 atom stereocenters. The molecule has 1 unspecified atom stereocenters. The van der Waals surface area contributed by atoms with Crippen molar-refractivity contribution in [1.29, 1.82) is 0 Å². The van der Waals surface area contributed by atoms with Crippen LogP contribution in [0.4, 0.5) is 5.82 Å². The molecule has 0 aromatic carbocycles. The maximum absolute atomic E-state index is 12.9. The molecule has 0 aliphatic carbocycles. The minimum absolute atomic E-state index is 0.0545. The zero-order valence-corrected chi connectivity index (χ0v) is 15.9. The van der Waals surface area contributed by atoms with Crippen molar-refractivity contribution in [2.24, 2.45) is 0 Å². The summed E-state index contributed by atoms with van der Waals surface area (Å²) in [7, 11) is 0. The average molecular weight is 357 g/mol. The summed E-state index contributed by atoms with van der Waals surface area (Å²) < 4.78 is 1.72. The van der Waals surface area contributed by atoms with E-state index in [1.807, 2.05) is 38.8 Å². The fourth-order valence-electron chi connectivity index (χ4n) is 3.10. The number of hydrogen-bond acceptors (Lipinski definition) is 6. The maximum Gasteiger partial charge on any atom is 0.276 e. The van der Waals surface area contributed by atoms with Crippen LogP contribution in [-0.2, 0) is 0 Å². The number of aryl methyl sites for hydroxylation is 2. The molecule has 0 bridgehead atoms. The van der Waals surface area contributed by atoms with Gasteiger partial charge in [0.2, 0.25) is 0 Å². The number of aromatic nitrogens is 5. The zero-order chi connectivity index (χ0) is 18.7. The number of rotatable bonds is 4. The molecule has 3 heterocycles. The van der Waals surface area contributed by atoms with E-state index >= 15 is 0 Å². The highest BCUT2D eigenvalue weighted by atomic mass is 16.2. The fraction of sp³-hybridized carbons (Fsp3) is 0.611. The molecule has 0 spiro atoms. The Hall–Kier alpha value is -2.51. The van der Waals surface area contributed by atoms with Crippen molar-refractivity contribution >= 4 is 11.7 Å². The van der Waals surface area contributed by atoms with Gasteiger partial charge in [0.25, 0.3) is 5.91 Å². The predicted molar refractivity (Wildman–Crippen MR) is 99.1 cm³/mol. The molecule has 3 rings (SSSR count). The molecular formula is C18H27N7O. The summed E-state index contributed by atoms with van der Waals surface area (Å²) in [4.78, 5) is 23.5. The SMILES string of the molecule is Cc1ncc(C)c(NC2CCCCN(C(=O)c3cn(C(C)C)nn3)C2)n1. The average Bonchev–Trinajstić information content (AvgIpc) is 2.99. The quantitative estimate of drug-likeness (QED) is 0.904. The van der Waals surface area contributed by atoms with Gasteiger partial charge < -0.3 is 10.2 Å². The minimum atomic E-state index is -0.0545. The lowest BCUT2D eigenvalue weighted by Crippen LogP contribution is -2.39. The monoisotopic (exact) mass is 357 g/mol. The number of amides is 1. The van der Waals surface area contributed by atoms with Crippen LogP contribution in [0.1, 0.15) is 61.0 Å². The highest BCUT2D eigenvalue weighted by molar-refractivity contribution is 5.92. The van der Waals surface area contributed by atoms with Crippen molar-refractivity contribution in [1.82, 2.24) is 29.9 Å². The number of carbonyl (C=O) groups excluding carboxylic acids is 1. The van der Waals surface area contributed by atoms with Gasteiger partial charge >= 0.3 is 0 Å². The van der Waals surface area contributed by atoms with Crippen molar-refractivity contribution < 1.29 is 4.79 Å². The molecule has 1 aliphatic heterocycles. The summed E-state index contributed by atoms with van der Waals surface area (Å²) in [6.45, 7) is 9.28. The van der Waals surface area contributed by atoms with E-state index in [2.05, 4.69) is 25.6 Å². The summed E-state index contributed by atoms with van der Waals surface area (Å²) in [5.74, 6) is 1.54. The first-order valence-corrected chi connectivity index (χ1v) is 9.22. The van der Waals surface area contributed by atoms with E-state index in [0.717, 1.165) is 43.0 Å². The third-order valence-electron chi connectivity index (χ3n) is 4.65. The van der Waals surface area contributed by atoms with Gasteiger partial charge in [-0.1, -0.05) is 5.21 Å². The Morgan fingerprint density at radius 3 is 2.85 bits per heavy atom. The molecule has 140 valence electrons. The van der Waals surface area contributed by atoms with Gasteiger partial charge in [0.1, 0.15) is 11.6 Å². The Balaban J connectivity index is 1.72. The maximum atomic E-state index is 12.9. The van der Waals surface area contributed by atoms with Crippen molar-refractivity contribution in [3.05, 3.63) is 29.5 Å². The second-order valence-electron chi connectivity index (χ2n) is 7.21. The Morgan fingerprint density at radius 2 is 2.12 bits per heavy atom. The molecule has 26 heavy (non-hydrogen) atoms. The van der Waals surface area contributed by atoms with Gasteiger partial charge in [-0.2, -0.15) is 0 Å². The van der Waals surface area contributed by atoms with Crippen LogP contribution in [0.2, 0.25) is 0 Å². The van der Waals surface area contributed by atoms with E-state index in [9.17, 15) is 4.79 Å². The molecule has 1 saturated heterocycles. The lowest BCUT2D eigenvalue weighted by molar-refractivity contribution is 0.0751. The number of carbonyl (C=O) groups is 1. The van der Waals surface area contributed by atoms with Gasteiger partial charge in [0, 0.05) is 36.9 Å². The van der Waals surface area contributed by atoms with Crippen molar-refractivity contribution in [2.75, 3.05) is 18.4 Å². The third-order valence-corrected chi connectivity index (χ3v) is 4.65. The lowest BCUT2D eigenvalue weighted by atomic mass is 10.1. The highest BCUT2D eigenvalue weighted by Crippen LogP contribution is 2.18. The van der Waals surface area contributed by atoms with Crippen LogP contribution in [-0.4, -0.2) is 54.9 Å². The number of anilines is 1. The summed E-state index contributed by atoms with van der Waals surface area (Å²) in [5.41, 5.74) is 1.42. The van der Waals surface area contributed by atoms with Crippen LogP contribution in [0.3, 0.4) is 0 Å². The summed E-state index contributed by atoms with van der Waals surface area (Å²) >= 11 is 0. The molecule has 2 aromatic heterocycles. The van der Waals surface area contributed by atoms with Gasteiger partial charge in [-0.05, 0) is 47.0 Å². The molecule has 1 amide bonds. The first kappa shape index (κ1) is 18.3. The lowest BCUT2D eigenvalue weighted by Gasteiger charge is -2.25. The highest BCUT2D eigenvalue weighted by Gasteiger charge is 2.25. The van der Waals surface area contributed by atoms with Gasteiger partial charge in [0.15, 0.2) is 5.69 Å². The normalized spacial score (nSPS) is 18.0. The Bertz CT molecular complexity index is 771. The fourth-order valence-corrected chi connectivity index (χ4v) is 3.10. The topological polar surface area (TPSA) is 88.8 Å². The van der Waals surface area contributed by atoms with E-state index < -0.39 is 0 Å². The third kappa shape index (κ3) is 4.17. The van der Waals surface area contributed by atoms with E-state index in [-0.39, 0.29) is 18.0 Å². The zero-order valence-electron chi connectivity index (χ0n) is 15.9. The van der Waals surface area contributed by atoms with E-state index in [0.29, 0.717) is 12.2 Å². The predicted octanol–water partition coefficient (Wildman–Crippen LogP) is 2.37. The van der Waals surface area contributed by atoms with Crippen molar-refractivity contribution in [2.45, 2.75) is 59.0 Å². The van der Waals surface area contributed by atoms with Crippen molar-refractivity contribution in [3.63, 3.8) is 0 Å². The van der Waals surface area contributed by atoms with Gasteiger partial charge in [-0.15, -0.1) is 5.10 Å². The van der Waals surface area contributed by atoms with Crippen LogP contribution in [0.25, 0.3) is 0 Å². The Kier molecular flexibility index (Phi) is 5.49. The Labute approximate surface area is 154 Å². The molecular weight excluding hydrogens is 330 g/mol. The summed E-state index contributed by atoms with van der Waals surface area (Å²) in [6, 6.07) is 0.348. The molecule has 1 aliphatic rings. The van der Waals surface area contributed by atoms with Crippen LogP contribution >= 0.6 is 0 Å². The van der Waals surface area contributed by atoms with Crippen LogP contribution in [0.5, 0.6) is 0 Å². The summed E-state index contributed by atoms with van der Waals surface area (Å²) in [6.07, 6.45) is 6.63. The number of likely N-dealkylation sites (tertiary alicyclic amines) is 1. The molecule has 0 saturated carbocycles. The Morgan fingerprint density at radius 1 is 1.31 bits per heavy atom. The standard InChI is InChI=1S/C18H27N7O/c1-12(2)25-11-16(22-23-25)18(26)24-8-6-5-7-15(10-24)21-17-13(3)9-19-14(4)20-17/h9,11-12,15H,5-8,10H2,1-4H3,(H,19,20,21). The first-order valence-electron chi connectivity index (χ1n) is 9.22. The van der Waals surface area contributed by atoms with E-state index in [1.54, 1.807) is 10.9 Å². The van der Waals surface area contributed by atoms with E-state index in [4.69, 9.17) is 0 Å². The first-order chi connectivity index (χ1) is 12.4. The largest absolute Gasteiger partial charge is 0.365 e. The van der Waals surface area contributed by atoms with Crippen molar-refractivity contribution in [3.8, 4) is 0 Å². The summed E-state index contributed by atoms with van der Waals surface area (Å²) in [5, 5.41) is 11.6. The smallest absolute Gasteiger partial charge is 0.276 e.